The molecule has 5 nitrogen and oxygen atoms in total. The fraction of sp³-hybridized carbons (Fsp3) is 0.700. The molecule has 0 fully saturated rings. The third kappa shape index (κ3) is 11.9. The van der Waals surface area contributed by atoms with E-state index in [-0.39, 0.29) is 5.70 Å². The van der Waals surface area contributed by atoms with Crippen molar-refractivity contribution >= 4 is 13.0 Å². The highest BCUT2D eigenvalue weighted by Crippen LogP contribution is 2.30. The van der Waals surface area contributed by atoms with Crippen molar-refractivity contribution in [1.82, 2.24) is 10.2 Å². The molecule has 0 aromatic heterocycles. The molecule has 0 bridgehead atoms. The van der Waals surface area contributed by atoms with Gasteiger partial charge in [-0.25, -0.2) is 0 Å². The maximum atomic E-state index is 13.2. The van der Waals surface area contributed by atoms with Crippen LogP contribution in [0, 0.1) is 5.41 Å². The Kier molecular flexibility index (Phi) is 12.7. The molecular weight excluding hydrogens is 371 g/mol. The zero-order valence-electron chi connectivity index (χ0n) is 17.4. The van der Waals surface area contributed by atoms with Crippen LogP contribution in [-0.2, 0) is 9.53 Å². The van der Waals surface area contributed by atoms with Gasteiger partial charge in [-0.05, 0) is 33.2 Å². The van der Waals surface area contributed by atoms with Gasteiger partial charge in [0.05, 0.1) is 18.8 Å². The third-order valence-corrected chi connectivity index (χ3v) is 3.90. The monoisotopic (exact) mass is 405 g/mol. The van der Waals surface area contributed by atoms with Gasteiger partial charge in [-0.1, -0.05) is 33.3 Å². The lowest BCUT2D eigenvalue weighted by atomic mass is 9.98. The molecule has 1 N–H and O–H groups in total. The number of aldehydes is 1. The van der Waals surface area contributed by atoms with E-state index in [4.69, 9.17) is 4.74 Å². The molecule has 0 radical (unpaired) electrons. The number of hydrogen-bond donors (Lipinski definition) is 1. The van der Waals surface area contributed by atoms with Crippen molar-refractivity contribution in [2.45, 2.75) is 46.2 Å². The van der Waals surface area contributed by atoms with Crippen LogP contribution in [0.15, 0.2) is 28.5 Å². The molecule has 0 unspecified atom stereocenters. The van der Waals surface area contributed by atoms with Crippen molar-refractivity contribution in [2.24, 2.45) is 10.4 Å². The summed E-state index contributed by atoms with van der Waals surface area (Å²) in [6.45, 7) is 11.3. The van der Waals surface area contributed by atoms with Crippen LogP contribution in [0.25, 0.3) is 0 Å². The second kappa shape index (κ2) is 13.5. The number of carbonyl (C=O) groups is 1. The molecule has 0 aromatic carbocycles. The molecule has 0 atom stereocenters. The Morgan fingerprint density at radius 2 is 1.96 bits per heavy atom. The average Bonchev–Trinajstić information content (AvgIpc) is 2.62. The largest absolute Gasteiger partial charge is 0.419 e. The summed E-state index contributed by atoms with van der Waals surface area (Å²) in [5.74, 6) is 0. The second-order valence-corrected chi connectivity index (χ2v) is 7.37. The van der Waals surface area contributed by atoms with E-state index in [0.29, 0.717) is 45.7 Å². The van der Waals surface area contributed by atoms with Gasteiger partial charge in [-0.2, -0.15) is 13.2 Å². The van der Waals surface area contributed by atoms with E-state index in [1.165, 1.54) is 0 Å². The smallest absolute Gasteiger partial charge is 0.385 e. The van der Waals surface area contributed by atoms with E-state index in [9.17, 15) is 18.0 Å². The summed E-state index contributed by atoms with van der Waals surface area (Å²) < 4.78 is 45.2. The molecule has 0 rings (SSSR count). The molecular formula is C20H34F3N3O2. The van der Waals surface area contributed by atoms with E-state index in [0.717, 1.165) is 18.9 Å². The van der Waals surface area contributed by atoms with Gasteiger partial charge >= 0.3 is 6.18 Å². The number of alkyl halides is 3. The number of nitrogens with one attached hydrogen (secondary N) is 1. The van der Waals surface area contributed by atoms with E-state index in [1.807, 2.05) is 32.7 Å². The van der Waals surface area contributed by atoms with Gasteiger partial charge in [0.25, 0.3) is 0 Å². The van der Waals surface area contributed by atoms with Crippen LogP contribution in [0.3, 0.4) is 0 Å². The van der Waals surface area contributed by atoms with Gasteiger partial charge in [0.2, 0.25) is 0 Å². The molecule has 28 heavy (non-hydrogen) atoms. The predicted octanol–water partition coefficient (Wildman–Crippen LogP) is 3.97. The molecule has 0 spiro atoms. The minimum absolute atomic E-state index is 0.0452. The van der Waals surface area contributed by atoms with E-state index in [1.54, 1.807) is 6.08 Å². The molecule has 8 heteroatoms. The van der Waals surface area contributed by atoms with Crippen LogP contribution in [0.5, 0.6) is 0 Å². The maximum absolute atomic E-state index is 13.2. The fourth-order valence-corrected chi connectivity index (χ4v) is 2.23. The summed E-state index contributed by atoms with van der Waals surface area (Å²) in [5, 5.41) is 2.88. The number of carbonyl (C=O) groups excluding carboxylic acids is 1. The molecule has 0 aliphatic rings. The molecule has 0 saturated heterocycles. The van der Waals surface area contributed by atoms with Crippen LogP contribution in [0.2, 0.25) is 0 Å². The number of ether oxygens (including phenoxy) is 1. The van der Waals surface area contributed by atoms with E-state index in [2.05, 4.69) is 17.0 Å². The van der Waals surface area contributed by atoms with Crippen molar-refractivity contribution in [3.05, 3.63) is 23.5 Å². The SMILES string of the molecule is C=N/C=C(\C(=C\CCC)NCCCN(C)CCOCC(C)(C)C=O)C(F)(F)F. The Morgan fingerprint density at radius 3 is 2.50 bits per heavy atom. The zero-order valence-corrected chi connectivity index (χ0v) is 17.4. The third-order valence-electron chi connectivity index (χ3n) is 3.90. The number of likely N-dealkylation sites (N-methyl/N-ethyl adjacent to an activating group) is 1. The highest BCUT2D eigenvalue weighted by Gasteiger charge is 2.36. The van der Waals surface area contributed by atoms with Crippen LogP contribution in [0.4, 0.5) is 13.2 Å². The first-order chi connectivity index (χ1) is 13.1. The first-order valence-corrected chi connectivity index (χ1v) is 9.47. The number of aliphatic imine (C=N–C) groups is 1. The number of halogens is 3. The molecule has 0 heterocycles. The van der Waals surface area contributed by atoms with Crippen LogP contribution in [0.1, 0.15) is 40.0 Å². The summed E-state index contributed by atoms with van der Waals surface area (Å²) in [6.07, 6.45) is 0.652. The standard InChI is InChI=1S/C20H34F3N3O2/c1-6-7-9-18(17(14-24-4)20(21,22)23)25-10-8-11-26(5)12-13-28-16-19(2,3)15-27/h9,14-15,25H,4,6-8,10-13,16H2,1-3,5H3/b17-14+,18-9-. The lowest BCUT2D eigenvalue weighted by Crippen LogP contribution is -2.30. The topological polar surface area (TPSA) is 53.9 Å². The van der Waals surface area contributed by atoms with Crippen molar-refractivity contribution in [3.63, 3.8) is 0 Å². The van der Waals surface area contributed by atoms with Gasteiger partial charge in [-0.3, -0.25) is 4.99 Å². The zero-order chi connectivity index (χ0) is 21.6. The number of nitrogens with zero attached hydrogens (tertiary/aromatic N) is 2. The Morgan fingerprint density at radius 1 is 1.29 bits per heavy atom. The summed E-state index contributed by atoms with van der Waals surface area (Å²) in [7, 11) is 1.92. The van der Waals surface area contributed by atoms with Gasteiger partial charge in [0, 0.05) is 30.4 Å². The van der Waals surface area contributed by atoms with Gasteiger partial charge < -0.3 is 19.7 Å². The highest BCUT2D eigenvalue weighted by atomic mass is 19.4. The van der Waals surface area contributed by atoms with Crippen molar-refractivity contribution in [1.29, 1.82) is 0 Å². The van der Waals surface area contributed by atoms with Gasteiger partial charge in [-0.15, -0.1) is 0 Å². The summed E-state index contributed by atoms with van der Waals surface area (Å²) in [6, 6.07) is 0. The number of unbranched alkanes of at least 4 members (excludes halogenated alkanes) is 1. The van der Waals surface area contributed by atoms with E-state index < -0.39 is 17.2 Å². The Hall–Kier alpha value is -1.67. The summed E-state index contributed by atoms with van der Waals surface area (Å²) in [4.78, 5) is 16.1. The highest BCUT2D eigenvalue weighted by molar-refractivity contribution is 5.57. The maximum Gasteiger partial charge on any atom is 0.419 e. The predicted molar refractivity (Wildman–Crippen MR) is 107 cm³/mol. The number of allylic oxidation sites excluding steroid dienone is 2. The normalized spacial score (nSPS) is 13.7. The van der Waals surface area contributed by atoms with Gasteiger partial charge in [0.15, 0.2) is 0 Å². The summed E-state index contributed by atoms with van der Waals surface area (Å²) in [5.41, 5.74) is -1.26. The van der Waals surface area contributed by atoms with Crippen molar-refractivity contribution in [3.8, 4) is 0 Å². The molecule has 0 amide bonds. The number of hydrogen-bond acceptors (Lipinski definition) is 5. The summed E-state index contributed by atoms with van der Waals surface area (Å²) >= 11 is 0. The molecule has 0 aromatic rings. The molecule has 0 aliphatic heterocycles. The number of rotatable bonds is 15. The second-order valence-electron chi connectivity index (χ2n) is 7.37. The Balaban J connectivity index is 4.42. The molecule has 162 valence electrons. The Bertz CT molecular complexity index is 529. The van der Waals surface area contributed by atoms with Gasteiger partial charge in [0.1, 0.15) is 6.29 Å². The van der Waals surface area contributed by atoms with Crippen molar-refractivity contribution in [2.75, 3.05) is 39.9 Å². The average molecular weight is 406 g/mol. The molecule has 0 aliphatic carbocycles. The van der Waals surface area contributed by atoms with E-state index >= 15 is 0 Å². The quantitative estimate of drug-likeness (QED) is 0.194. The molecule has 0 saturated carbocycles. The van der Waals surface area contributed by atoms with Crippen LogP contribution < -0.4 is 5.32 Å². The van der Waals surface area contributed by atoms with Crippen LogP contribution in [-0.4, -0.2) is 64.0 Å². The minimum atomic E-state index is -4.49. The fourth-order valence-electron chi connectivity index (χ4n) is 2.23. The lowest BCUT2D eigenvalue weighted by Gasteiger charge is -2.21. The van der Waals surface area contributed by atoms with Crippen molar-refractivity contribution < 1.29 is 22.7 Å². The minimum Gasteiger partial charge on any atom is -0.385 e. The lowest BCUT2D eigenvalue weighted by molar-refractivity contribution is -0.117. The first kappa shape index (κ1) is 26.3. The van der Waals surface area contributed by atoms with Crippen LogP contribution >= 0.6 is 0 Å². The first-order valence-electron chi connectivity index (χ1n) is 9.47. The Labute approximate surface area is 166 Å².